The van der Waals surface area contributed by atoms with Crippen molar-refractivity contribution in [2.24, 2.45) is 0 Å². The van der Waals surface area contributed by atoms with E-state index in [1.807, 2.05) is 6.92 Å². The molecule has 1 unspecified atom stereocenters. The summed E-state index contributed by atoms with van der Waals surface area (Å²) < 4.78 is 0. The Hall–Kier alpha value is -1.75. The van der Waals surface area contributed by atoms with Crippen molar-refractivity contribution in [2.75, 3.05) is 5.32 Å². The Morgan fingerprint density at radius 1 is 1.42 bits per heavy atom. The van der Waals surface area contributed by atoms with E-state index in [0.717, 1.165) is 5.56 Å². The molecular weight excluding hydrogens is 268 g/mol. The third kappa shape index (κ3) is 4.44. The molecule has 0 saturated carbocycles. The molecule has 0 saturated heterocycles. The number of benzene rings is 1. The van der Waals surface area contributed by atoms with Gasteiger partial charge in [-0.15, -0.1) is 0 Å². The number of anilines is 1. The van der Waals surface area contributed by atoms with Crippen LogP contribution >= 0.6 is 11.6 Å². The molecule has 1 aromatic rings. The van der Waals surface area contributed by atoms with Gasteiger partial charge in [0.15, 0.2) is 0 Å². The number of carboxylic acids is 1. The van der Waals surface area contributed by atoms with Crippen LogP contribution in [0.2, 0.25) is 5.02 Å². The zero-order valence-electron chi connectivity index (χ0n) is 10.9. The van der Waals surface area contributed by atoms with Gasteiger partial charge in [-0.3, -0.25) is 0 Å². The number of amides is 2. The van der Waals surface area contributed by atoms with Gasteiger partial charge in [-0.2, -0.15) is 0 Å². The SMILES string of the molecule is CCCC(NC(=O)Nc1cccc(Cl)c1C)C(=O)O. The van der Waals surface area contributed by atoms with Crippen molar-refractivity contribution in [3.8, 4) is 0 Å². The quantitative estimate of drug-likeness (QED) is 0.777. The predicted octanol–water partition coefficient (Wildman–Crippen LogP) is 3.02. The summed E-state index contributed by atoms with van der Waals surface area (Å²) in [7, 11) is 0. The molecule has 1 aromatic carbocycles. The maximum atomic E-state index is 11.7. The molecule has 2 amide bonds. The largest absolute Gasteiger partial charge is 0.480 e. The molecular formula is C13H17ClN2O3. The molecule has 3 N–H and O–H groups in total. The lowest BCUT2D eigenvalue weighted by Crippen LogP contribution is -2.42. The summed E-state index contributed by atoms with van der Waals surface area (Å²) >= 11 is 5.94. The highest BCUT2D eigenvalue weighted by Gasteiger charge is 2.19. The Morgan fingerprint density at radius 2 is 2.11 bits per heavy atom. The standard InChI is InChI=1S/C13H17ClN2O3/c1-3-5-11(12(17)18)16-13(19)15-10-7-4-6-9(14)8(10)2/h4,6-7,11H,3,5H2,1-2H3,(H,17,18)(H2,15,16,19). The average Bonchev–Trinajstić information content (AvgIpc) is 2.34. The summed E-state index contributed by atoms with van der Waals surface area (Å²) in [6.45, 7) is 3.63. The Balaban J connectivity index is 2.69. The fraction of sp³-hybridized carbons (Fsp3) is 0.385. The lowest BCUT2D eigenvalue weighted by molar-refractivity contribution is -0.139. The molecule has 19 heavy (non-hydrogen) atoms. The van der Waals surface area contributed by atoms with Crippen LogP contribution in [0.1, 0.15) is 25.3 Å². The van der Waals surface area contributed by atoms with Crippen LogP contribution in [-0.4, -0.2) is 23.1 Å². The maximum Gasteiger partial charge on any atom is 0.326 e. The first-order chi connectivity index (χ1) is 8.95. The smallest absolute Gasteiger partial charge is 0.326 e. The van der Waals surface area contributed by atoms with Crippen LogP contribution in [0.5, 0.6) is 0 Å². The van der Waals surface area contributed by atoms with Crippen LogP contribution in [0, 0.1) is 6.92 Å². The second kappa shape index (κ2) is 6.99. The number of hydrogen-bond acceptors (Lipinski definition) is 2. The van der Waals surface area contributed by atoms with Crippen molar-refractivity contribution in [2.45, 2.75) is 32.7 Å². The normalized spacial score (nSPS) is 11.7. The highest BCUT2D eigenvalue weighted by molar-refractivity contribution is 6.31. The Bertz CT molecular complexity index is 477. The van der Waals surface area contributed by atoms with Crippen LogP contribution in [0.25, 0.3) is 0 Å². The molecule has 0 aliphatic heterocycles. The fourth-order valence-corrected chi connectivity index (χ4v) is 1.78. The first kappa shape index (κ1) is 15.3. The number of urea groups is 1. The maximum absolute atomic E-state index is 11.7. The molecule has 0 spiro atoms. The highest BCUT2D eigenvalue weighted by Crippen LogP contribution is 2.22. The van der Waals surface area contributed by atoms with E-state index < -0.39 is 18.0 Å². The van der Waals surface area contributed by atoms with E-state index in [0.29, 0.717) is 23.6 Å². The van der Waals surface area contributed by atoms with E-state index in [1.54, 1.807) is 25.1 Å². The number of halogens is 1. The van der Waals surface area contributed by atoms with E-state index in [9.17, 15) is 9.59 Å². The van der Waals surface area contributed by atoms with Gasteiger partial charge in [0.05, 0.1) is 0 Å². The molecule has 0 aliphatic rings. The summed E-state index contributed by atoms with van der Waals surface area (Å²) in [6, 6.07) is 3.70. The van der Waals surface area contributed by atoms with E-state index in [1.165, 1.54) is 0 Å². The van der Waals surface area contributed by atoms with E-state index in [2.05, 4.69) is 10.6 Å². The summed E-state index contributed by atoms with van der Waals surface area (Å²) in [6.07, 6.45) is 1.06. The zero-order chi connectivity index (χ0) is 14.4. The third-order valence-corrected chi connectivity index (χ3v) is 3.11. The van der Waals surface area contributed by atoms with Crippen LogP contribution in [0.15, 0.2) is 18.2 Å². The van der Waals surface area contributed by atoms with Gasteiger partial charge in [0.1, 0.15) is 6.04 Å². The van der Waals surface area contributed by atoms with Gasteiger partial charge in [0.2, 0.25) is 0 Å². The lowest BCUT2D eigenvalue weighted by Gasteiger charge is -2.15. The molecule has 0 bridgehead atoms. The molecule has 104 valence electrons. The van der Waals surface area contributed by atoms with Crippen molar-refractivity contribution < 1.29 is 14.7 Å². The number of carboxylic acid groups (broad SMARTS) is 1. The molecule has 0 radical (unpaired) electrons. The van der Waals surface area contributed by atoms with Crippen molar-refractivity contribution in [1.82, 2.24) is 5.32 Å². The molecule has 1 atom stereocenters. The van der Waals surface area contributed by atoms with Gasteiger partial charge in [-0.1, -0.05) is 31.0 Å². The molecule has 5 nitrogen and oxygen atoms in total. The summed E-state index contributed by atoms with van der Waals surface area (Å²) in [4.78, 5) is 22.7. The Labute approximate surface area is 117 Å². The van der Waals surface area contributed by atoms with E-state index in [-0.39, 0.29) is 0 Å². The van der Waals surface area contributed by atoms with Crippen LogP contribution in [-0.2, 0) is 4.79 Å². The monoisotopic (exact) mass is 284 g/mol. The van der Waals surface area contributed by atoms with Crippen LogP contribution < -0.4 is 10.6 Å². The minimum absolute atomic E-state index is 0.386. The molecule has 6 heteroatoms. The fourth-order valence-electron chi connectivity index (χ4n) is 1.61. The number of carbonyl (C=O) groups is 2. The summed E-state index contributed by atoms with van der Waals surface area (Å²) in [5.74, 6) is -1.04. The van der Waals surface area contributed by atoms with Gasteiger partial charge in [0, 0.05) is 10.7 Å². The third-order valence-electron chi connectivity index (χ3n) is 2.70. The molecule has 0 aromatic heterocycles. The van der Waals surface area contributed by atoms with Crippen molar-refractivity contribution in [1.29, 1.82) is 0 Å². The van der Waals surface area contributed by atoms with Crippen molar-refractivity contribution >= 4 is 29.3 Å². The van der Waals surface area contributed by atoms with Gasteiger partial charge >= 0.3 is 12.0 Å². The van der Waals surface area contributed by atoms with Gasteiger partial charge < -0.3 is 15.7 Å². The summed E-state index contributed by atoms with van der Waals surface area (Å²) in [5, 5.41) is 14.5. The van der Waals surface area contributed by atoms with Gasteiger partial charge in [-0.05, 0) is 31.0 Å². The topological polar surface area (TPSA) is 78.4 Å². The Morgan fingerprint density at radius 3 is 2.68 bits per heavy atom. The second-order valence-electron chi connectivity index (χ2n) is 4.19. The number of aliphatic carboxylic acids is 1. The average molecular weight is 285 g/mol. The second-order valence-corrected chi connectivity index (χ2v) is 4.60. The minimum Gasteiger partial charge on any atom is -0.480 e. The van der Waals surface area contributed by atoms with E-state index >= 15 is 0 Å². The van der Waals surface area contributed by atoms with Crippen LogP contribution in [0.3, 0.4) is 0 Å². The predicted molar refractivity (Wildman–Crippen MR) is 74.7 cm³/mol. The first-order valence-electron chi connectivity index (χ1n) is 6.01. The number of hydrogen-bond donors (Lipinski definition) is 3. The zero-order valence-corrected chi connectivity index (χ0v) is 11.6. The molecule has 0 heterocycles. The molecule has 0 aliphatic carbocycles. The van der Waals surface area contributed by atoms with Gasteiger partial charge in [0.25, 0.3) is 0 Å². The summed E-state index contributed by atoms with van der Waals surface area (Å²) in [5.41, 5.74) is 1.30. The van der Waals surface area contributed by atoms with Crippen molar-refractivity contribution in [3.05, 3.63) is 28.8 Å². The minimum atomic E-state index is -1.04. The highest BCUT2D eigenvalue weighted by atomic mass is 35.5. The first-order valence-corrected chi connectivity index (χ1v) is 6.39. The van der Waals surface area contributed by atoms with Gasteiger partial charge in [-0.25, -0.2) is 9.59 Å². The lowest BCUT2D eigenvalue weighted by atomic mass is 10.2. The van der Waals surface area contributed by atoms with Crippen LogP contribution in [0.4, 0.5) is 10.5 Å². The number of carbonyl (C=O) groups excluding carboxylic acids is 1. The molecule has 1 rings (SSSR count). The number of nitrogens with one attached hydrogen (secondary N) is 2. The van der Waals surface area contributed by atoms with Crippen molar-refractivity contribution in [3.63, 3.8) is 0 Å². The Kier molecular flexibility index (Phi) is 5.63. The number of rotatable bonds is 5. The molecule has 0 fully saturated rings. The van der Waals surface area contributed by atoms with E-state index in [4.69, 9.17) is 16.7 Å².